The van der Waals surface area contributed by atoms with Crippen LogP contribution in [0, 0.1) is 6.92 Å². The Balaban J connectivity index is 2.51. The Bertz CT molecular complexity index is 384. The Morgan fingerprint density at radius 2 is 2.21 bits per heavy atom. The third kappa shape index (κ3) is 1.31. The number of rotatable bonds is 0. The molecule has 0 N–H and O–H groups in total. The predicted molar refractivity (Wildman–Crippen MR) is 57.6 cm³/mol. The summed E-state index contributed by atoms with van der Waals surface area (Å²) in [5, 5.41) is 0. The fraction of sp³-hybridized carbons (Fsp3) is 0.417. The Morgan fingerprint density at radius 1 is 1.50 bits per heavy atom. The minimum Gasteiger partial charge on any atom is -0.312 e. The van der Waals surface area contributed by atoms with Gasteiger partial charge in [0.05, 0.1) is 0 Å². The van der Waals surface area contributed by atoms with Crippen molar-refractivity contribution >= 4 is 11.6 Å². The van der Waals surface area contributed by atoms with E-state index < -0.39 is 0 Å². The van der Waals surface area contributed by atoms with Gasteiger partial charge in [-0.25, -0.2) is 0 Å². The highest BCUT2D eigenvalue weighted by Crippen LogP contribution is 2.36. The predicted octanol–water partition coefficient (Wildman–Crippen LogP) is 2.47. The van der Waals surface area contributed by atoms with Crippen LogP contribution in [0.25, 0.3) is 0 Å². The molecule has 0 aromatic heterocycles. The molecule has 0 fully saturated rings. The second kappa shape index (κ2) is 3.12. The fourth-order valence-electron chi connectivity index (χ4n) is 2.07. The minimum absolute atomic E-state index is 0.140. The third-order valence-corrected chi connectivity index (χ3v) is 2.84. The summed E-state index contributed by atoms with van der Waals surface area (Å²) in [6.07, 6.45) is 0. The van der Waals surface area contributed by atoms with Gasteiger partial charge in [0, 0.05) is 25.1 Å². The molecule has 0 bridgehead atoms. The number of fused-ring (bicyclic) bond motifs is 1. The molecule has 2 rings (SSSR count). The van der Waals surface area contributed by atoms with Crippen molar-refractivity contribution in [1.82, 2.24) is 0 Å². The highest BCUT2D eigenvalue weighted by atomic mass is 16.2. The lowest BCUT2D eigenvalue weighted by Crippen LogP contribution is -2.26. The average Bonchev–Trinajstić information content (AvgIpc) is 2.43. The van der Waals surface area contributed by atoms with Crippen LogP contribution in [0.15, 0.2) is 18.2 Å². The maximum Gasteiger partial charge on any atom is 0.223 e. The standard InChI is InChI=1S/C12H15NO/c1-8-4-5-11-9(2)7-13(10(3)14)12(11)6-8/h4-6,9H,7H2,1-3H3. The average molecular weight is 189 g/mol. The lowest BCUT2D eigenvalue weighted by molar-refractivity contribution is -0.116. The zero-order valence-corrected chi connectivity index (χ0v) is 8.87. The molecule has 0 saturated heterocycles. The van der Waals surface area contributed by atoms with Crippen LogP contribution < -0.4 is 4.90 Å². The first-order valence-corrected chi connectivity index (χ1v) is 4.98. The normalized spacial score (nSPS) is 19.6. The van der Waals surface area contributed by atoms with Crippen molar-refractivity contribution in [1.29, 1.82) is 0 Å². The van der Waals surface area contributed by atoms with Gasteiger partial charge in [-0.3, -0.25) is 4.79 Å². The number of hydrogen-bond donors (Lipinski definition) is 0. The highest BCUT2D eigenvalue weighted by molar-refractivity contribution is 5.94. The zero-order valence-electron chi connectivity index (χ0n) is 8.87. The quantitative estimate of drug-likeness (QED) is 0.614. The summed E-state index contributed by atoms with van der Waals surface area (Å²) in [5.41, 5.74) is 3.61. The van der Waals surface area contributed by atoms with Crippen LogP contribution in [-0.4, -0.2) is 12.5 Å². The van der Waals surface area contributed by atoms with Gasteiger partial charge >= 0.3 is 0 Å². The van der Waals surface area contributed by atoms with E-state index in [-0.39, 0.29) is 5.91 Å². The van der Waals surface area contributed by atoms with E-state index in [0.29, 0.717) is 5.92 Å². The van der Waals surface area contributed by atoms with Crippen LogP contribution in [0.1, 0.15) is 30.9 Å². The molecule has 1 aromatic carbocycles. The van der Waals surface area contributed by atoms with Gasteiger partial charge in [-0.1, -0.05) is 19.1 Å². The molecular weight excluding hydrogens is 174 g/mol. The lowest BCUT2D eigenvalue weighted by Gasteiger charge is -2.14. The summed E-state index contributed by atoms with van der Waals surface area (Å²) in [6.45, 7) is 6.68. The Labute approximate surface area is 84.5 Å². The molecule has 0 radical (unpaired) electrons. The summed E-state index contributed by atoms with van der Waals surface area (Å²) >= 11 is 0. The molecule has 2 heteroatoms. The van der Waals surface area contributed by atoms with Crippen LogP contribution in [-0.2, 0) is 4.79 Å². The number of aryl methyl sites for hydroxylation is 1. The Kier molecular flexibility index (Phi) is 2.06. The third-order valence-electron chi connectivity index (χ3n) is 2.84. The maximum absolute atomic E-state index is 11.4. The van der Waals surface area contributed by atoms with Gasteiger partial charge in [0.25, 0.3) is 0 Å². The van der Waals surface area contributed by atoms with Crippen molar-refractivity contribution in [2.24, 2.45) is 0 Å². The van der Waals surface area contributed by atoms with Crippen LogP contribution in [0.3, 0.4) is 0 Å². The van der Waals surface area contributed by atoms with E-state index in [1.54, 1.807) is 6.92 Å². The number of nitrogens with zero attached hydrogens (tertiary/aromatic N) is 1. The number of amides is 1. The number of anilines is 1. The number of benzene rings is 1. The summed E-state index contributed by atoms with van der Waals surface area (Å²) < 4.78 is 0. The second-order valence-electron chi connectivity index (χ2n) is 4.09. The van der Waals surface area contributed by atoms with E-state index in [4.69, 9.17) is 0 Å². The van der Waals surface area contributed by atoms with E-state index in [2.05, 4.69) is 32.0 Å². The van der Waals surface area contributed by atoms with Crippen molar-refractivity contribution in [3.05, 3.63) is 29.3 Å². The SMILES string of the molecule is CC(=O)N1CC(C)c2ccc(C)cc21. The van der Waals surface area contributed by atoms with Gasteiger partial charge in [0.2, 0.25) is 5.91 Å². The molecule has 0 spiro atoms. The van der Waals surface area contributed by atoms with Gasteiger partial charge in [-0.05, 0) is 24.1 Å². The highest BCUT2D eigenvalue weighted by Gasteiger charge is 2.27. The van der Waals surface area contributed by atoms with Gasteiger partial charge in [-0.2, -0.15) is 0 Å². The number of carbonyl (C=O) groups excluding carboxylic acids is 1. The largest absolute Gasteiger partial charge is 0.312 e. The second-order valence-corrected chi connectivity index (χ2v) is 4.09. The van der Waals surface area contributed by atoms with Crippen LogP contribution in [0.2, 0.25) is 0 Å². The van der Waals surface area contributed by atoms with Crippen molar-refractivity contribution in [2.75, 3.05) is 11.4 Å². The fourth-order valence-corrected chi connectivity index (χ4v) is 2.07. The van der Waals surface area contributed by atoms with E-state index in [1.165, 1.54) is 11.1 Å². The smallest absolute Gasteiger partial charge is 0.223 e. The first-order chi connectivity index (χ1) is 6.59. The molecule has 2 nitrogen and oxygen atoms in total. The summed E-state index contributed by atoms with van der Waals surface area (Å²) in [5.74, 6) is 0.607. The molecule has 1 atom stereocenters. The molecule has 0 aliphatic carbocycles. The van der Waals surface area contributed by atoms with Gasteiger partial charge in [0.15, 0.2) is 0 Å². The molecule has 74 valence electrons. The van der Waals surface area contributed by atoms with E-state index in [1.807, 2.05) is 4.90 Å². The van der Waals surface area contributed by atoms with Gasteiger partial charge in [-0.15, -0.1) is 0 Å². The maximum atomic E-state index is 11.4. The van der Waals surface area contributed by atoms with E-state index in [0.717, 1.165) is 12.2 Å². The molecule has 1 aromatic rings. The molecule has 1 unspecified atom stereocenters. The summed E-state index contributed by atoms with van der Waals surface area (Å²) in [7, 11) is 0. The van der Waals surface area contributed by atoms with Crippen molar-refractivity contribution in [3.63, 3.8) is 0 Å². The molecular formula is C12H15NO. The first kappa shape index (κ1) is 9.25. The van der Waals surface area contributed by atoms with Crippen LogP contribution in [0.4, 0.5) is 5.69 Å². The van der Waals surface area contributed by atoms with Crippen molar-refractivity contribution in [2.45, 2.75) is 26.7 Å². The van der Waals surface area contributed by atoms with Gasteiger partial charge in [0.1, 0.15) is 0 Å². The van der Waals surface area contributed by atoms with Gasteiger partial charge < -0.3 is 4.90 Å². The monoisotopic (exact) mass is 189 g/mol. The lowest BCUT2D eigenvalue weighted by atomic mass is 10.0. The van der Waals surface area contributed by atoms with Crippen LogP contribution in [0.5, 0.6) is 0 Å². The van der Waals surface area contributed by atoms with E-state index in [9.17, 15) is 4.79 Å². The molecule has 1 aliphatic heterocycles. The Morgan fingerprint density at radius 3 is 2.86 bits per heavy atom. The molecule has 14 heavy (non-hydrogen) atoms. The molecule has 1 heterocycles. The molecule has 0 saturated carbocycles. The molecule has 1 aliphatic rings. The Hall–Kier alpha value is -1.31. The minimum atomic E-state index is 0.140. The van der Waals surface area contributed by atoms with Crippen molar-refractivity contribution < 1.29 is 4.79 Å². The summed E-state index contributed by atoms with van der Waals surface area (Å²) in [4.78, 5) is 13.3. The number of carbonyl (C=O) groups is 1. The van der Waals surface area contributed by atoms with E-state index >= 15 is 0 Å². The first-order valence-electron chi connectivity index (χ1n) is 4.98. The molecule has 1 amide bonds. The zero-order chi connectivity index (χ0) is 10.3. The van der Waals surface area contributed by atoms with Crippen molar-refractivity contribution in [3.8, 4) is 0 Å². The van der Waals surface area contributed by atoms with Crippen LogP contribution >= 0.6 is 0 Å². The number of hydrogen-bond acceptors (Lipinski definition) is 1. The topological polar surface area (TPSA) is 20.3 Å². The summed E-state index contributed by atoms with van der Waals surface area (Å²) in [6, 6.07) is 6.34.